The number of likely N-dealkylation sites (N-methyl/N-ethyl adjacent to an activating group) is 1. The average molecular weight is 530 g/mol. The van der Waals surface area contributed by atoms with Crippen LogP contribution in [0.25, 0.3) is 0 Å². The molecule has 0 radical (unpaired) electrons. The second kappa shape index (κ2) is 16.3. The zero-order chi connectivity index (χ0) is 29.7. The highest BCUT2D eigenvalue weighted by Crippen LogP contribution is 2.13. The molecule has 0 saturated carbocycles. The summed E-state index contributed by atoms with van der Waals surface area (Å²) in [5.74, 6) is 0.110. The molecule has 0 aliphatic carbocycles. The number of nitrogens with one attached hydrogen (secondary N) is 2. The molecule has 37 heavy (non-hydrogen) atoms. The first-order valence-corrected chi connectivity index (χ1v) is 12.6. The lowest BCUT2D eigenvalue weighted by Crippen LogP contribution is -2.49. The largest absolute Gasteiger partial charge is 0.444 e. The van der Waals surface area contributed by atoms with Crippen LogP contribution in [0.5, 0.6) is 0 Å². The van der Waals surface area contributed by atoms with Crippen molar-refractivity contribution in [3.63, 3.8) is 0 Å². The zero-order valence-electron chi connectivity index (χ0n) is 25.2. The molecule has 0 unspecified atom stereocenters. The van der Waals surface area contributed by atoms with Crippen LogP contribution in [0.4, 0.5) is 9.59 Å². The first-order valence-electron chi connectivity index (χ1n) is 12.6. The van der Waals surface area contributed by atoms with E-state index in [0.29, 0.717) is 24.3 Å². The Morgan fingerprint density at radius 3 is 1.43 bits per heavy atom. The normalized spacial score (nSPS) is 13.1. The summed E-state index contributed by atoms with van der Waals surface area (Å²) >= 11 is 0. The number of amides is 3. The van der Waals surface area contributed by atoms with Crippen molar-refractivity contribution in [3.8, 4) is 0 Å². The van der Waals surface area contributed by atoms with Crippen LogP contribution in [0, 0.1) is 11.8 Å². The third-order valence-electron chi connectivity index (χ3n) is 4.42. The van der Waals surface area contributed by atoms with E-state index in [0.717, 1.165) is 5.06 Å². The average Bonchev–Trinajstić information content (AvgIpc) is 2.67. The summed E-state index contributed by atoms with van der Waals surface area (Å²) in [6.07, 6.45) is -0.0739. The highest BCUT2D eigenvalue weighted by Gasteiger charge is 2.28. The Hall–Kier alpha value is -2.62. The lowest BCUT2D eigenvalue weighted by atomic mass is 9.97. The molecule has 0 rings (SSSR count). The van der Waals surface area contributed by atoms with E-state index in [2.05, 4.69) is 17.2 Å². The molecule has 10 heteroatoms. The Kier molecular flexibility index (Phi) is 16.1. The molecule has 0 fully saturated rings. The number of carbonyl (C=O) groups is 4. The molecule has 0 aromatic rings. The van der Waals surface area contributed by atoms with Gasteiger partial charge in [-0.2, -0.15) is 0 Å². The predicted octanol–water partition coefficient (Wildman–Crippen LogP) is 5.02. The summed E-state index contributed by atoms with van der Waals surface area (Å²) in [6.45, 7) is 23.9. The summed E-state index contributed by atoms with van der Waals surface area (Å²) < 4.78 is 10.3. The maximum Gasteiger partial charge on any atom is 0.408 e. The Morgan fingerprint density at radius 2 is 1.14 bits per heavy atom. The molecular formula is C27H51N3O7. The van der Waals surface area contributed by atoms with Crippen LogP contribution in [-0.4, -0.2) is 66.4 Å². The third-order valence-corrected chi connectivity index (χ3v) is 4.42. The molecule has 0 aromatic carbocycles. The third kappa shape index (κ3) is 19.2. The topological polar surface area (TPSA) is 123 Å². The highest BCUT2D eigenvalue weighted by atomic mass is 16.7. The minimum Gasteiger partial charge on any atom is -0.444 e. The van der Waals surface area contributed by atoms with E-state index in [1.807, 2.05) is 27.7 Å². The molecule has 0 spiro atoms. The van der Waals surface area contributed by atoms with Crippen LogP contribution in [0.1, 0.15) is 89.0 Å². The summed E-state index contributed by atoms with van der Waals surface area (Å²) in [5, 5.41) is 6.30. The lowest BCUT2D eigenvalue weighted by Gasteiger charge is -2.26. The maximum atomic E-state index is 12.0. The zero-order valence-corrected chi connectivity index (χ0v) is 25.2. The monoisotopic (exact) mass is 529 g/mol. The van der Waals surface area contributed by atoms with Crippen LogP contribution in [-0.2, 0) is 23.9 Å². The second-order valence-electron chi connectivity index (χ2n) is 11.8. The van der Waals surface area contributed by atoms with Crippen LogP contribution in [0.2, 0.25) is 0 Å². The van der Waals surface area contributed by atoms with E-state index in [1.165, 1.54) is 14.2 Å². The van der Waals surface area contributed by atoms with Crippen molar-refractivity contribution in [2.75, 3.05) is 14.2 Å². The van der Waals surface area contributed by atoms with Gasteiger partial charge in [0.1, 0.15) is 17.2 Å². The van der Waals surface area contributed by atoms with E-state index >= 15 is 0 Å². The number of alkyl carbamates (subject to hydrolysis) is 2. The predicted molar refractivity (Wildman–Crippen MR) is 145 cm³/mol. The molecule has 2 N–H and O–H groups in total. The minimum atomic E-state index is -0.653. The summed E-state index contributed by atoms with van der Waals surface area (Å²) in [4.78, 5) is 52.2. The highest BCUT2D eigenvalue weighted by molar-refractivity contribution is 5.99. The van der Waals surface area contributed by atoms with Gasteiger partial charge in [-0.25, -0.2) is 14.7 Å². The van der Waals surface area contributed by atoms with Crippen molar-refractivity contribution in [2.24, 2.45) is 11.8 Å². The van der Waals surface area contributed by atoms with Gasteiger partial charge in [0.2, 0.25) is 0 Å². The molecule has 2 atom stereocenters. The van der Waals surface area contributed by atoms with Gasteiger partial charge in [-0.1, -0.05) is 34.3 Å². The fourth-order valence-corrected chi connectivity index (χ4v) is 2.90. The lowest BCUT2D eigenvalue weighted by molar-refractivity contribution is -0.171. The van der Waals surface area contributed by atoms with Gasteiger partial charge in [-0.15, -0.1) is 0 Å². The molecule has 0 aliphatic heterocycles. The second-order valence-corrected chi connectivity index (χ2v) is 11.8. The van der Waals surface area contributed by atoms with Crippen molar-refractivity contribution in [3.05, 3.63) is 12.2 Å². The molecule has 10 nitrogen and oxygen atoms in total. The van der Waals surface area contributed by atoms with E-state index < -0.39 is 35.5 Å². The molecule has 0 saturated heterocycles. The van der Waals surface area contributed by atoms with Gasteiger partial charge in [-0.3, -0.25) is 14.4 Å². The van der Waals surface area contributed by atoms with Crippen LogP contribution in [0.15, 0.2) is 12.2 Å². The van der Waals surface area contributed by atoms with Gasteiger partial charge in [0, 0.05) is 7.05 Å². The number of hydrogen-bond donors (Lipinski definition) is 2. The number of carbonyl (C=O) groups excluding carboxylic acids is 4. The first-order chi connectivity index (χ1) is 16.6. The maximum absolute atomic E-state index is 12.0. The number of hydrogen-bond acceptors (Lipinski definition) is 7. The Morgan fingerprint density at radius 1 is 0.784 bits per heavy atom. The van der Waals surface area contributed by atoms with E-state index in [1.54, 1.807) is 48.5 Å². The number of Topliss-reactive ketones (excluding diaryl/α,β-unsaturated/α-hetero) is 1. The van der Waals surface area contributed by atoms with E-state index in [4.69, 9.17) is 14.3 Å². The molecule has 3 amide bonds. The summed E-state index contributed by atoms with van der Waals surface area (Å²) in [5.41, 5.74) is -0.724. The first kappa shape index (κ1) is 36.5. The number of hydroxylamine groups is 2. The Bertz CT molecular complexity index is 765. The van der Waals surface area contributed by atoms with Gasteiger partial charge in [-0.05, 0) is 78.7 Å². The van der Waals surface area contributed by atoms with Crippen LogP contribution in [0.3, 0.4) is 0 Å². The minimum absolute atomic E-state index is 0.144. The van der Waals surface area contributed by atoms with Crippen LogP contribution < -0.4 is 10.6 Å². The van der Waals surface area contributed by atoms with E-state index in [9.17, 15) is 19.2 Å². The van der Waals surface area contributed by atoms with Gasteiger partial charge < -0.3 is 20.1 Å². The van der Waals surface area contributed by atoms with Gasteiger partial charge in [0.25, 0.3) is 5.91 Å². The number of ketones is 1. The van der Waals surface area contributed by atoms with Crippen molar-refractivity contribution in [2.45, 2.75) is 112 Å². The van der Waals surface area contributed by atoms with Gasteiger partial charge >= 0.3 is 12.2 Å². The molecule has 216 valence electrons. The number of ether oxygens (including phenoxy) is 2. The molecular weight excluding hydrogens is 478 g/mol. The van der Waals surface area contributed by atoms with Gasteiger partial charge in [0.05, 0.1) is 13.2 Å². The quantitative estimate of drug-likeness (QED) is 0.301. The van der Waals surface area contributed by atoms with Crippen molar-refractivity contribution in [1.29, 1.82) is 0 Å². The van der Waals surface area contributed by atoms with Crippen molar-refractivity contribution in [1.82, 2.24) is 15.7 Å². The van der Waals surface area contributed by atoms with E-state index in [-0.39, 0.29) is 17.6 Å². The fourth-order valence-electron chi connectivity index (χ4n) is 2.90. The van der Waals surface area contributed by atoms with Gasteiger partial charge in [0.15, 0.2) is 5.78 Å². The Balaban J connectivity index is 0. The van der Waals surface area contributed by atoms with Crippen molar-refractivity contribution >= 4 is 23.9 Å². The summed E-state index contributed by atoms with van der Waals surface area (Å²) in [6, 6.07) is -1.21. The summed E-state index contributed by atoms with van der Waals surface area (Å²) in [7, 11) is 2.91. The number of rotatable bonds is 10. The smallest absolute Gasteiger partial charge is 0.408 e. The molecule has 0 heterocycles. The standard InChI is InChI=1S/C14H25NO3.C13H26N2O4/c1-9(2)8-11(12(16)10(3)4)15-13(17)18-14(5,6)7;1-9(2)8-10(11(16)15(6)18-7)14-12(17)19-13(3,4)5/h9,11H,3,8H2,1-2,4-7H3,(H,15,17);9-10H,8H2,1-7H3,(H,14,17)/t11-;10-/m00/s1. The Labute approximate surface area is 223 Å². The SMILES string of the molecule is C=C(C)C(=O)[C@H](CC(C)C)NC(=O)OC(C)(C)C.CON(C)C(=O)[C@H](CC(C)C)NC(=O)OC(C)(C)C. The molecule has 0 bridgehead atoms. The van der Waals surface area contributed by atoms with Crippen LogP contribution >= 0.6 is 0 Å². The van der Waals surface area contributed by atoms with Crippen molar-refractivity contribution < 1.29 is 33.5 Å². The fraction of sp³-hybridized carbons (Fsp3) is 0.778. The molecule has 0 aliphatic rings. The number of nitrogens with zero attached hydrogens (tertiary/aromatic N) is 1. The molecule has 0 aromatic heterocycles.